The van der Waals surface area contributed by atoms with Crippen molar-refractivity contribution in [1.29, 1.82) is 0 Å². The molecule has 1 atom stereocenters. The van der Waals surface area contributed by atoms with Crippen molar-refractivity contribution in [2.75, 3.05) is 11.4 Å². The van der Waals surface area contributed by atoms with E-state index in [1.807, 2.05) is 18.7 Å². The predicted molar refractivity (Wildman–Crippen MR) is 68.5 cm³/mol. The average molecular weight is 269 g/mol. The number of carboxylic acids is 1. The number of carboxylic acid groups (broad SMARTS) is 1. The minimum absolute atomic E-state index is 0.165. The molecule has 1 saturated heterocycles. The van der Waals surface area contributed by atoms with E-state index >= 15 is 0 Å². The van der Waals surface area contributed by atoms with Crippen LogP contribution >= 0.6 is 0 Å². The van der Waals surface area contributed by atoms with Crippen LogP contribution in [-0.4, -0.2) is 23.7 Å². The number of rotatable bonds is 3. The van der Waals surface area contributed by atoms with E-state index in [1.165, 1.54) is 6.07 Å². The maximum Gasteiger partial charge on any atom is 0.338 e. The molecule has 0 amide bonds. The number of benzene rings is 1. The van der Waals surface area contributed by atoms with Gasteiger partial charge in [-0.2, -0.15) is 0 Å². The average Bonchev–Trinajstić information content (AvgIpc) is 2.81. The van der Waals surface area contributed by atoms with Crippen molar-refractivity contribution < 1.29 is 18.7 Å². The van der Waals surface area contributed by atoms with E-state index in [-0.39, 0.29) is 11.7 Å². The van der Waals surface area contributed by atoms with Crippen LogP contribution in [0.25, 0.3) is 0 Å². The smallest absolute Gasteiger partial charge is 0.338 e. The third kappa shape index (κ3) is 2.41. The molecule has 1 unspecified atom stereocenters. The van der Waals surface area contributed by atoms with Crippen LogP contribution in [0.1, 0.15) is 37.0 Å². The Kier molecular flexibility index (Phi) is 3.73. The van der Waals surface area contributed by atoms with Crippen LogP contribution in [0.15, 0.2) is 12.1 Å². The summed E-state index contributed by atoms with van der Waals surface area (Å²) in [7, 11) is 0. The van der Waals surface area contributed by atoms with E-state index in [9.17, 15) is 13.6 Å². The first kappa shape index (κ1) is 13.8. The van der Waals surface area contributed by atoms with E-state index in [0.717, 1.165) is 18.9 Å². The largest absolute Gasteiger partial charge is 0.478 e. The van der Waals surface area contributed by atoms with Crippen molar-refractivity contribution in [2.24, 2.45) is 5.92 Å². The molecule has 1 aromatic rings. The molecule has 1 aliphatic heterocycles. The fourth-order valence-corrected chi connectivity index (χ4v) is 2.71. The zero-order valence-electron chi connectivity index (χ0n) is 11.0. The van der Waals surface area contributed by atoms with Gasteiger partial charge < -0.3 is 10.0 Å². The SMILES string of the molecule is CC(C)C1CCCN1c1ccc(C(=O)O)c(F)c1F. The highest BCUT2D eigenvalue weighted by Crippen LogP contribution is 2.33. The lowest BCUT2D eigenvalue weighted by atomic mass is 10.0. The molecule has 0 spiro atoms. The first-order valence-corrected chi connectivity index (χ1v) is 6.41. The van der Waals surface area contributed by atoms with Gasteiger partial charge in [0.15, 0.2) is 11.6 Å². The Bertz CT molecular complexity index is 502. The molecule has 0 saturated carbocycles. The van der Waals surface area contributed by atoms with Gasteiger partial charge in [-0.15, -0.1) is 0 Å². The second-order valence-electron chi connectivity index (χ2n) is 5.21. The van der Waals surface area contributed by atoms with Gasteiger partial charge in [0.25, 0.3) is 0 Å². The second kappa shape index (κ2) is 5.15. The van der Waals surface area contributed by atoms with Crippen LogP contribution in [0.2, 0.25) is 0 Å². The molecule has 1 heterocycles. The zero-order chi connectivity index (χ0) is 14.2. The maximum absolute atomic E-state index is 14.0. The summed E-state index contributed by atoms with van der Waals surface area (Å²) in [5.74, 6) is -3.46. The first-order valence-electron chi connectivity index (χ1n) is 6.41. The lowest BCUT2D eigenvalue weighted by molar-refractivity contribution is 0.0690. The number of anilines is 1. The van der Waals surface area contributed by atoms with Crippen molar-refractivity contribution in [3.8, 4) is 0 Å². The molecular formula is C14H17F2NO2. The molecule has 3 nitrogen and oxygen atoms in total. The van der Waals surface area contributed by atoms with Gasteiger partial charge in [0.2, 0.25) is 0 Å². The molecule has 1 aromatic carbocycles. The lowest BCUT2D eigenvalue weighted by Gasteiger charge is -2.30. The zero-order valence-corrected chi connectivity index (χ0v) is 11.0. The lowest BCUT2D eigenvalue weighted by Crippen LogP contribution is -2.34. The van der Waals surface area contributed by atoms with Crippen LogP contribution in [0, 0.1) is 17.6 Å². The van der Waals surface area contributed by atoms with Gasteiger partial charge in [0, 0.05) is 12.6 Å². The van der Waals surface area contributed by atoms with Gasteiger partial charge in [0.05, 0.1) is 11.3 Å². The molecule has 0 bridgehead atoms. The fourth-order valence-electron chi connectivity index (χ4n) is 2.71. The highest BCUT2D eigenvalue weighted by atomic mass is 19.2. The molecule has 104 valence electrons. The molecular weight excluding hydrogens is 252 g/mol. The molecule has 1 fully saturated rings. The van der Waals surface area contributed by atoms with E-state index in [1.54, 1.807) is 0 Å². The fraction of sp³-hybridized carbons (Fsp3) is 0.500. The summed E-state index contributed by atoms with van der Waals surface area (Å²) in [5, 5.41) is 8.77. The van der Waals surface area contributed by atoms with Crippen molar-refractivity contribution in [2.45, 2.75) is 32.7 Å². The van der Waals surface area contributed by atoms with Gasteiger partial charge in [-0.25, -0.2) is 13.6 Å². The van der Waals surface area contributed by atoms with E-state index in [2.05, 4.69) is 0 Å². The minimum Gasteiger partial charge on any atom is -0.478 e. The van der Waals surface area contributed by atoms with E-state index in [4.69, 9.17) is 5.11 Å². The minimum atomic E-state index is -1.45. The maximum atomic E-state index is 14.0. The molecule has 5 heteroatoms. The number of aromatic carboxylic acids is 1. The first-order chi connectivity index (χ1) is 8.93. The summed E-state index contributed by atoms with van der Waals surface area (Å²) in [5.41, 5.74) is -0.458. The topological polar surface area (TPSA) is 40.5 Å². The number of halogens is 2. The monoisotopic (exact) mass is 269 g/mol. The van der Waals surface area contributed by atoms with E-state index < -0.39 is 23.2 Å². The Hall–Kier alpha value is -1.65. The van der Waals surface area contributed by atoms with Crippen LogP contribution in [0.5, 0.6) is 0 Å². The van der Waals surface area contributed by atoms with E-state index in [0.29, 0.717) is 12.5 Å². The molecule has 1 N–H and O–H groups in total. The molecule has 0 aromatic heterocycles. The summed E-state index contributed by atoms with van der Waals surface area (Å²) in [6.07, 6.45) is 1.88. The molecule has 0 radical (unpaired) electrons. The Morgan fingerprint density at radius 2 is 2.05 bits per heavy atom. The summed E-state index contributed by atoms with van der Waals surface area (Å²) in [6.45, 7) is 4.76. The standard InChI is InChI=1S/C14H17F2NO2/c1-8(2)10-4-3-7-17(10)11-6-5-9(14(18)19)12(15)13(11)16/h5-6,8,10H,3-4,7H2,1-2H3,(H,18,19). The van der Waals surface area contributed by atoms with Gasteiger partial charge in [-0.05, 0) is 30.9 Å². The van der Waals surface area contributed by atoms with Crippen LogP contribution < -0.4 is 4.90 Å². The number of carbonyl (C=O) groups is 1. The summed E-state index contributed by atoms with van der Waals surface area (Å²) in [6, 6.07) is 2.67. The van der Waals surface area contributed by atoms with Crippen molar-refractivity contribution in [3.63, 3.8) is 0 Å². The van der Waals surface area contributed by atoms with Crippen LogP contribution in [0.4, 0.5) is 14.5 Å². The molecule has 19 heavy (non-hydrogen) atoms. The van der Waals surface area contributed by atoms with Crippen LogP contribution in [-0.2, 0) is 0 Å². The van der Waals surface area contributed by atoms with Crippen molar-refractivity contribution in [3.05, 3.63) is 29.3 Å². The highest BCUT2D eigenvalue weighted by Gasteiger charge is 2.30. The summed E-state index contributed by atoms with van der Waals surface area (Å²) < 4.78 is 27.7. The third-order valence-electron chi connectivity index (χ3n) is 3.67. The number of nitrogens with zero attached hydrogens (tertiary/aromatic N) is 1. The Balaban J connectivity index is 2.41. The number of hydrogen-bond donors (Lipinski definition) is 1. The van der Waals surface area contributed by atoms with Crippen molar-refractivity contribution >= 4 is 11.7 Å². The molecule has 1 aliphatic rings. The predicted octanol–water partition coefficient (Wildman–Crippen LogP) is 3.29. The normalized spacial score (nSPS) is 19.2. The van der Waals surface area contributed by atoms with Gasteiger partial charge >= 0.3 is 5.97 Å². The number of hydrogen-bond acceptors (Lipinski definition) is 2. The Labute approximate surface area is 110 Å². The van der Waals surface area contributed by atoms with Crippen molar-refractivity contribution in [1.82, 2.24) is 0 Å². The van der Waals surface area contributed by atoms with Gasteiger partial charge in [-0.3, -0.25) is 0 Å². The summed E-state index contributed by atoms with van der Waals surface area (Å²) in [4.78, 5) is 12.6. The summed E-state index contributed by atoms with van der Waals surface area (Å²) >= 11 is 0. The molecule has 2 rings (SSSR count). The quantitative estimate of drug-likeness (QED) is 0.915. The third-order valence-corrected chi connectivity index (χ3v) is 3.67. The van der Waals surface area contributed by atoms with Crippen LogP contribution in [0.3, 0.4) is 0 Å². The second-order valence-corrected chi connectivity index (χ2v) is 5.21. The Morgan fingerprint density at radius 3 is 2.63 bits per heavy atom. The highest BCUT2D eigenvalue weighted by molar-refractivity contribution is 5.88. The Morgan fingerprint density at radius 1 is 1.37 bits per heavy atom. The van der Waals surface area contributed by atoms with Gasteiger partial charge in [0.1, 0.15) is 0 Å². The van der Waals surface area contributed by atoms with Gasteiger partial charge in [-0.1, -0.05) is 13.8 Å². The molecule has 0 aliphatic carbocycles.